The van der Waals surface area contributed by atoms with E-state index in [2.05, 4.69) is 71.0 Å². The maximum Gasteiger partial charge on any atom is 0.0598 e. The van der Waals surface area contributed by atoms with Crippen LogP contribution in [0.5, 0.6) is 0 Å². The minimum absolute atomic E-state index is 0.00132. The average molecular weight is 288 g/mol. The van der Waals surface area contributed by atoms with Crippen molar-refractivity contribution in [2.75, 3.05) is 6.61 Å². The van der Waals surface area contributed by atoms with Crippen LogP contribution < -0.4 is 0 Å². The molecular formula is C20H32O. The fourth-order valence-electron chi connectivity index (χ4n) is 2.16. The van der Waals surface area contributed by atoms with E-state index in [1.54, 1.807) is 0 Å². The third kappa shape index (κ3) is 8.72. The van der Waals surface area contributed by atoms with Crippen LogP contribution >= 0.6 is 0 Å². The van der Waals surface area contributed by atoms with Gasteiger partial charge in [0.1, 0.15) is 0 Å². The van der Waals surface area contributed by atoms with Gasteiger partial charge >= 0.3 is 0 Å². The van der Waals surface area contributed by atoms with Gasteiger partial charge in [-0.25, -0.2) is 0 Å². The van der Waals surface area contributed by atoms with Crippen LogP contribution in [0.3, 0.4) is 0 Å². The third-order valence-corrected chi connectivity index (χ3v) is 3.44. The molecule has 0 aromatic heterocycles. The lowest BCUT2D eigenvalue weighted by atomic mass is 10.0. The Kier molecular flexibility index (Phi) is 7.74. The Morgan fingerprint density at radius 2 is 1.86 bits per heavy atom. The van der Waals surface area contributed by atoms with E-state index in [1.165, 1.54) is 24.0 Å². The van der Waals surface area contributed by atoms with E-state index in [0.29, 0.717) is 5.92 Å². The summed E-state index contributed by atoms with van der Waals surface area (Å²) in [6.07, 6.45) is 9.34. The lowest BCUT2D eigenvalue weighted by Gasteiger charge is -2.19. The summed E-state index contributed by atoms with van der Waals surface area (Å²) in [6, 6.07) is 8.83. The van der Waals surface area contributed by atoms with Crippen molar-refractivity contribution in [2.45, 2.75) is 71.8 Å². The number of allylic oxidation sites excluding steroid dienone is 1. The van der Waals surface area contributed by atoms with Crippen molar-refractivity contribution in [1.29, 1.82) is 0 Å². The summed E-state index contributed by atoms with van der Waals surface area (Å²) >= 11 is 0. The summed E-state index contributed by atoms with van der Waals surface area (Å²) in [4.78, 5) is 0. The Labute approximate surface area is 131 Å². The lowest BCUT2D eigenvalue weighted by Crippen LogP contribution is -2.19. The summed E-state index contributed by atoms with van der Waals surface area (Å²) in [5, 5.41) is 0. The average Bonchev–Trinajstić information content (AvgIpc) is 2.41. The molecule has 0 saturated carbocycles. The van der Waals surface area contributed by atoms with Gasteiger partial charge in [0, 0.05) is 6.61 Å². The molecule has 118 valence electrons. The van der Waals surface area contributed by atoms with E-state index in [0.717, 1.165) is 19.4 Å². The first-order valence-corrected chi connectivity index (χ1v) is 8.29. The zero-order valence-corrected chi connectivity index (χ0v) is 14.5. The number of rotatable bonds is 8. The maximum atomic E-state index is 5.72. The van der Waals surface area contributed by atoms with Crippen molar-refractivity contribution in [3.63, 3.8) is 0 Å². The van der Waals surface area contributed by atoms with Crippen LogP contribution in [0.1, 0.15) is 77.3 Å². The number of unbranched alkanes of at least 4 members (excludes halogenated alkanes) is 3. The normalized spacial score (nSPS) is 12.5. The minimum atomic E-state index is 0.00132. The Morgan fingerprint density at radius 1 is 1.10 bits per heavy atom. The second-order valence-corrected chi connectivity index (χ2v) is 7.04. The molecule has 0 unspecified atom stereocenters. The fraction of sp³-hybridized carbons (Fsp3) is 0.600. The SMILES string of the molecule is CC(C)c1cccc(/C=C/CCCCCOC(C)(C)C)c1. The monoisotopic (exact) mass is 288 g/mol. The highest BCUT2D eigenvalue weighted by Crippen LogP contribution is 2.16. The fourth-order valence-corrected chi connectivity index (χ4v) is 2.16. The van der Waals surface area contributed by atoms with Crippen molar-refractivity contribution >= 4 is 6.08 Å². The summed E-state index contributed by atoms with van der Waals surface area (Å²) < 4.78 is 5.72. The molecule has 1 rings (SSSR count). The lowest BCUT2D eigenvalue weighted by molar-refractivity contribution is -0.00468. The van der Waals surface area contributed by atoms with Gasteiger partial charge in [-0.15, -0.1) is 0 Å². The standard InChI is InChI=1S/C20H32O/c1-17(2)19-14-11-13-18(16-19)12-9-7-6-8-10-15-21-20(3,4)5/h9,11-14,16-17H,6-8,10,15H2,1-5H3/b12-9+. The van der Waals surface area contributed by atoms with Crippen LogP contribution in [0, 0.1) is 0 Å². The molecule has 0 amide bonds. The van der Waals surface area contributed by atoms with Gasteiger partial charge < -0.3 is 4.74 Å². The van der Waals surface area contributed by atoms with Crippen molar-refractivity contribution < 1.29 is 4.74 Å². The van der Waals surface area contributed by atoms with Gasteiger partial charge in [-0.2, -0.15) is 0 Å². The summed E-state index contributed by atoms with van der Waals surface area (Å²) in [7, 11) is 0. The van der Waals surface area contributed by atoms with E-state index < -0.39 is 0 Å². The van der Waals surface area contributed by atoms with Gasteiger partial charge in [-0.3, -0.25) is 0 Å². The van der Waals surface area contributed by atoms with Crippen LogP contribution in [-0.2, 0) is 4.74 Å². The molecule has 1 heteroatoms. The number of hydrogen-bond acceptors (Lipinski definition) is 1. The summed E-state index contributed by atoms with van der Waals surface area (Å²) in [5.41, 5.74) is 2.73. The smallest absolute Gasteiger partial charge is 0.0598 e. The highest BCUT2D eigenvalue weighted by Gasteiger charge is 2.08. The van der Waals surface area contributed by atoms with Gasteiger partial charge in [-0.05, 0) is 57.1 Å². The molecular weight excluding hydrogens is 256 g/mol. The first-order chi connectivity index (χ1) is 9.88. The molecule has 0 fully saturated rings. The van der Waals surface area contributed by atoms with Crippen LogP contribution in [0.25, 0.3) is 6.08 Å². The van der Waals surface area contributed by atoms with E-state index >= 15 is 0 Å². The molecule has 0 spiro atoms. The molecule has 1 aromatic carbocycles. The molecule has 1 aromatic rings. The van der Waals surface area contributed by atoms with Crippen molar-refractivity contribution in [3.05, 3.63) is 41.5 Å². The Morgan fingerprint density at radius 3 is 2.52 bits per heavy atom. The summed E-state index contributed by atoms with van der Waals surface area (Å²) in [5.74, 6) is 0.598. The van der Waals surface area contributed by atoms with E-state index in [-0.39, 0.29) is 5.60 Å². The molecule has 21 heavy (non-hydrogen) atoms. The largest absolute Gasteiger partial charge is 0.376 e. The van der Waals surface area contributed by atoms with Gasteiger partial charge in [0.2, 0.25) is 0 Å². The number of ether oxygens (including phenoxy) is 1. The van der Waals surface area contributed by atoms with E-state index in [1.807, 2.05) is 0 Å². The Balaban J connectivity index is 2.19. The molecule has 0 N–H and O–H groups in total. The molecule has 0 atom stereocenters. The van der Waals surface area contributed by atoms with Crippen LogP contribution in [0.4, 0.5) is 0 Å². The molecule has 0 radical (unpaired) electrons. The van der Waals surface area contributed by atoms with Crippen LogP contribution in [0.15, 0.2) is 30.3 Å². The number of benzene rings is 1. The third-order valence-electron chi connectivity index (χ3n) is 3.44. The van der Waals surface area contributed by atoms with Gasteiger partial charge in [0.05, 0.1) is 5.60 Å². The van der Waals surface area contributed by atoms with Crippen molar-refractivity contribution in [2.24, 2.45) is 0 Å². The molecule has 0 saturated heterocycles. The van der Waals surface area contributed by atoms with Gasteiger partial charge in [0.25, 0.3) is 0 Å². The zero-order chi connectivity index (χ0) is 15.7. The number of hydrogen-bond donors (Lipinski definition) is 0. The molecule has 0 aliphatic heterocycles. The molecule has 0 aliphatic carbocycles. The van der Waals surface area contributed by atoms with Crippen molar-refractivity contribution in [1.82, 2.24) is 0 Å². The topological polar surface area (TPSA) is 9.23 Å². The van der Waals surface area contributed by atoms with Gasteiger partial charge in [0.15, 0.2) is 0 Å². The van der Waals surface area contributed by atoms with E-state index in [4.69, 9.17) is 4.74 Å². The van der Waals surface area contributed by atoms with Crippen LogP contribution in [0.2, 0.25) is 0 Å². The molecule has 0 aliphatic rings. The zero-order valence-electron chi connectivity index (χ0n) is 14.5. The van der Waals surface area contributed by atoms with Crippen LogP contribution in [-0.4, -0.2) is 12.2 Å². The molecule has 1 nitrogen and oxygen atoms in total. The Hall–Kier alpha value is -1.08. The maximum absolute atomic E-state index is 5.72. The Bertz CT molecular complexity index is 424. The molecule has 0 heterocycles. The predicted molar refractivity (Wildman–Crippen MR) is 93.7 cm³/mol. The molecule has 0 bridgehead atoms. The first kappa shape index (κ1) is 18.0. The second-order valence-electron chi connectivity index (χ2n) is 7.04. The highest BCUT2D eigenvalue weighted by atomic mass is 16.5. The quantitative estimate of drug-likeness (QED) is 0.517. The predicted octanol–water partition coefficient (Wildman–Crippen LogP) is 6.20. The van der Waals surface area contributed by atoms with Crippen molar-refractivity contribution in [3.8, 4) is 0 Å². The van der Waals surface area contributed by atoms with E-state index in [9.17, 15) is 0 Å². The second kappa shape index (κ2) is 9.04. The first-order valence-electron chi connectivity index (χ1n) is 8.29. The highest BCUT2D eigenvalue weighted by molar-refractivity contribution is 5.50. The van der Waals surface area contributed by atoms with Gasteiger partial charge in [-0.1, -0.05) is 56.7 Å². The summed E-state index contributed by atoms with van der Waals surface area (Å²) in [6.45, 7) is 11.7. The minimum Gasteiger partial charge on any atom is -0.376 e.